The summed E-state index contributed by atoms with van der Waals surface area (Å²) in [7, 11) is 0. The highest BCUT2D eigenvalue weighted by Crippen LogP contribution is 2.29. The van der Waals surface area contributed by atoms with Gasteiger partial charge in [-0.25, -0.2) is 0 Å². The van der Waals surface area contributed by atoms with Crippen LogP contribution in [0.25, 0.3) is 0 Å². The number of hydrogen-bond donors (Lipinski definition) is 1. The van der Waals surface area contributed by atoms with Crippen molar-refractivity contribution < 1.29 is 9.59 Å². The predicted molar refractivity (Wildman–Crippen MR) is 98.9 cm³/mol. The molecule has 126 valence electrons. The van der Waals surface area contributed by atoms with E-state index in [4.69, 9.17) is 23.2 Å². The number of hydrogen-bond acceptors (Lipinski definition) is 2. The van der Waals surface area contributed by atoms with Gasteiger partial charge in [0.25, 0.3) is 0 Å². The molecule has 0 saturated carbocycles. The van der Waals surface area contributed by atoms with E-state index in [1.54, 1.807) is 18.2 Å². The summed E-state index contributed by atoms with van der Waals surface area (Å²) in [6, 6.07) is 12.4. The second kappa shape index (κ2) is 8.18. The summed E-state index contributed by atoms with van der Waals surface area (Å²) < 4.78 is 0. The number of nitrogens with one attached hydrogen (secondary N) is 1. The van der Waals surface area contributed by atoms with Gasteiger partial charge in [0, 0.05) is 30.6 Å². The smallest absolute Gasteiger partial charge is 0.226 e. The first-order valence-electron chi connectivity index (χ1n) is 7.46. The maximum Gasteiger partial charge on any atom is 0.226 e. The van der Waals surface area contributed by atoms with E-state index in [1.807, 2.05) is 31.2 Å². The molecule has 0 unspecified atom stereocenters. The van der Waals surface area contributed by atoms with E-state index in [2.05, 4.69) is 5.32 Å². The molecule has 2 aromatic carbocycles. The molecule has 0 aliphatic carbocycles. The molecule has 1 N–H and O–H groups in total. The second-order valence-electron chi connectivity index (χ2n) is 5.43. The van der Waals surface area contributed by atoms with Crippen molar-refractivity contribution in [2.75, 3.05) is 16.8 Å². The predicted octanol–water partition coefficient (Wildman–Crippen LogP) is 4.68. The molecule has 0 saturated heterocycles. The van der Waals surface area contributed by atoms with E-state index in [0.717, 1.165) is 11.3 Å². The third-order valence-corrected chi connectivity index (χ3v) is 4.02. The summed E-state index contributed by atoms with van der Waals surface area (Å²) in [5, 5.41) is 3.67. The number of benzene rings is 2. The molecule has 0 atom stereocenters. The first kappa shape index (κ1) is 18.3. The van der Waals surface area contributed by atoms with Gasteiger partial charge in [0.05, 0.1) is 10.7 Å². The Morgan fingerprint density at radius 3 is 2.33 bits per heavy atom. The molecule has 0 heterocycles. The largest absolute Gasteiger partial charge is 0.326 e. The fourth-order valence-corrected chi connectivity index (χ4v) is 2.73. The summed E-state index contributed by atoms with van der Waals surface area (Å²) >= 11 is 12.0. The van der Waals surface area contributed by atoms with Crippen LogP contribution in [0.5, 0.6) is 0 Å². The monoisotopic (exact) mass is 364 g/mol. The SMILES string of the molecule is CC(=O)N(CCC(=O)Nc1ccc(C)cc1)c1ccc(Cl)cc1Cl. The van der Waals surface area contributed by atoms with Crippen LogP contribution in [-0.4, -0.2) is 18.4 Å². The third kappa shape index (κ3) is 4.98. The van der Waals surface area contributed by atoms with Gasteiger partial charge in [0.2, 0.25) is 11.8 Å². The second-order valence-corrected chi connectivity index (χ2v) is 6.27. The summed E-state index contributed by atoms with van der Waals surface area (Å²) in [5.41, 5.74) is 2.38. The van der Waals surface area contributed by atoms with E-state index in [-0.39, 0.29) is 24.8 Å². The Balaban J connectivity index is 2.02. The minimum absolute atomic E-state index is 0.159. The van der Waals surface area contributed by atoms with Crippen LogP contribution in [0.2, 0.25) is 10.0 Å². The first-order valence-corrected chi connectivity index (χ1v) is 8.22. The van der Waals surface area contributed by atoms with Crippen molar-refractivity contribution in [2.45, 2.75) is 20.3 Å². The molecular weight excluding hydrogens is 347 g/mol. The normalized spacial score (nSPS) is 10.3. The van der Waals surface area contributed by atoms with Crippen LogP contribution in [0.3, 0.4) is 0 Å². The standard InChI is InChI=1S/C18H18Cl2N2O2/c1-12-3-6-15(7-4-12)21-18(24)9-10-22(13(2)23)17-8-5-14(19)11-16(17)20/h3-8,11H,9-10H2,1-2H3,(H,21,24). The maximum absolute atomic E-state index is 12.1. The van der Waals surface area contributed by atoms with Gasteiger partial charge in [0.1, 0.15) is 0 Å². The number of halogens is 2. The molecule has 0 spiro atoms. The van der Waals surface area contributed by atoms with Crippen LogP contribution in [0.1, 0.15) is 18.9 Å². The number of rotatable bonds is 5. The van der Waals surface area contributed by atoms with Gasteiger partial charge in [0.15, 0.2) is 0 Å². The van der Waals surface area contributed by atoms with E-state index < -0.39 is 0 Å². The number of anilines is 2. The quantitative estimate of drug-likeness (QED) is 0.836. The summed E-state index contributed by atoms with van der Waals surface area (Å²) in [6.07, 6.45) is 0.159. The average Bonchev–Trinajstić information content (AvgIpc) is 2.51. The molecule has 0 aliphatic rings. The molecule has 0 bridgehead atoms. The van der Waals surface area contributed by atoms with E-state index in [0.29, 0.717) is 15.7 Å². The summed E-state index contributed by atoms with van der Waals surface area (Å²) in [4.78, 5) is 25.4. The molecule has 0 radical (unpaired) electrons. The van der Waals surface area contributed by atoms with Crippen molar-refractivity contribution in [3.05, 3.63) is 58.1 Å². The molecular formula is C18H18Cl2N2O2. The van der Waals surface area contributed by atoms with Crippen molar-refractivity contribution in [1.29, 1.82) is 0 Å². The Morgan fingerprint density at radius 2 is 1.75 bits per heavy atom. The molecule has 0 fully saturated rings. The fraction of sp³-hybridized carbons (Fsp3) is 0.222. The Kier molecular flexibility index (Phi) is 6.23. The highest BCUT2D eigenvalue weighted by Gasteiger charge is 2.16. The average molecular weight is 365 g/mol. The lowest BCUT2D eigenvalue weighted by atomic mass is 10.2. The van der Waals surface area contributed by atoms with Gasteiger partial charge in [-0.15, -0.1) is 0 Å². The maximum atomic E-state index is 12.1. The fourth-order valence-electron chi connectivity index (χ4n) is 2.22. The summed E-state index contributed by atoms with van der Waals surface area (Å²) in [5.74, 6) is -0.363. The lowest BCUT2D eigenvalue weighted by Crippen LogP contribution is -2.32. The van der Waals surface area contributed by atoms with Crippen LogP contribution >= 0.6 is 23.2 Å². The van der Waals surface area contributed by atoms with Crippen LogP contribution in [0, 0.1) is 6.92 Å². The number of aryl methyl sites for hydroxylation is 1. The number of carbonyl (C=O) groups excluding carboxylic acids is 2. The van der Waals surface area contributed by atoms with Crippen LogP contribution in [0.4, 0.5) is 11.4 Å². The molecule has 2 rings (SSSR count). The van der Waals surface area contributed by atoms with Crippen molar-refractivity contribution in [3.8, 4) is 0 Å². The van der Waals surface area contributed by atoms with E-state index in [1.165, 1.54) is 11.8 Å². The Morgan fingerprint density at radius 1 is 1.08 bits per heavy atom. The van der Waals surface area contributed by atoms with Gasteiger partial charge >= 0.3 is 0 Å². The molecule has 24 heavy (non-hydrogen) atoms. The van der Waals surface area contributed by atoms with Crippen molar-refractivity contribution in [2.24, 2.45) is 0 Å². The molecule has 4 nitrogen and oxygen atoms in total. The topological polar surface area (TPSA) is 49.4 Å². The zero-order valence-corrected chi connectivity index (χ0v) is 15.0. The summed E-state index contributed by atoms with van der Waals surface area (Å²) in [6.45, 7) is 3.64. The Bertz CT molecular complexity index is 745. The van der Waals surface area contributed by atoms with Gasteiger partial charge < -0.3 is 10.2 Å². The van der Waals surface area contributed by atoms with Gasteiger partial charge in [-0.3, -0.25) is 9.59 Å². The van der Waals surface area contributed by atoms with Gasteiger partial charge in [-0.2, -0.15) is 0 Å². The number of carbonyl (C=O) groups is 2. The van der Waals surface area contributed by atoms with Crippen molar-refractivity contribution in [1.82, 2.24) is 0 Å². The molecule has 2 amide bonds. The van der Waals surface area contributed by atoms with Crippen molar-refractivity contribution >= 4 is 46.4 Å². The Labute approximate surface area is 151 Å². The van der Waals surface area contributed by atoms with E-state index in [9.17, 15) is 9.59 Å². The molecule has 6 heteroatoms. The van der Waals surface area contributed by atoms with Gasteiger partial charge in [-0.1, -0.05) is 40.9 Å². The highest BCUT2D eigenvalue weighted by molar-refractivity contribution is 6.36. The van der Waals surface area contributed by atoms with Gasteiger partial charge in [-0.05, 0) is 37.3 Å². The number of nitrogens with zero attached hydrogens (tertiary/aromatic N) is 1. The lowest BCUT2D eigenvalue weighted by molar-refractivity contribution is -0.117. The zero-order chi connectivity index (χ0) is 17.7. The first-order chi connectivity index (χ1) is 11.4. The minimum atomic E-state index is -0.192. The molecule has 0 aliphatic heterocycles. The number of amides is 2. The van der Waals surface area contributed by atoms with Crippen LogP contribution < -0.4 is 10.2 Å². The van der Waals surface area contributed by atoms with Crippen LogP contribution in [-0.2, 0) is 9.59 Å². The molecule has 2 aromatic rings. The Hall–Kier alpha value is -2.04. The molecule has 0 aromatic heterocycles. The highest BCUT2D eigenvalue weighted by atomic mass is 35.5. The van der Waals surface area contributed by atoms with Crippen molar-refractivity contribution in [3.63, 3.8) is 0 Å². The zero-order valence-electron chi connectivity index (χ0n) is 13.5. The third-order valence-electron chi connectivity index (χ3n) is 3.48. The minimum Gasteiger partial charge on any atom is -0.326 e. The van der Waals surface area contributed by atoms with E-state index >= 15 is 0 Å². The van der Waals surface area contributed by atoms with Crippen LogP contribution in [0.15, 0.2) is 42.5 Å². The lowest BCUT2D eigenvalue weighted by Gasteiger charge is -2.22.